The Labute approximate surface area is 231 Å². The minimum atomic E-state index is -0.819. The summed E-state index contributed by atoms with van der Waals surface area (Å²) in [6.45, 7) is 7.69. The number of fused-ring (bicyclic) bond motifs is 1. The number of carbonyl (C=O) groups excluding carboxylic acids is 1. The highest BCUT2D eigenvalue weighted by molar-refractivity contribution is 6.32. The standard InChI is InChI=1S/C30H30ClN3O5/c1-17(2)22-15-23(18(3)13-27(22)37-5)28-33-25-10-8-7-9-21(25)29(35)34(28)32-16-20-11-12-26(24(31)14-20)39-19(4)30(36)38-6/h7-17,19H,1-6H3/t19-/m1/s1. The molecular formula is C30H30ClN3O5. The first-order chi connectivity index (χ1) is 18.6. The van der Waals surface area contributed by atoms with Crippen molar-refractivity contribution in [2.24, 2.45) is 5.10 Å². The second kappa shape index (κ2) is 11.7. The van der Waals surface area contributed by atoms with Gasteiger partial charge < -0.3 is 14.2 Å². The van der Waals surface area contributed by atoms with E-state index in [1.165, 1.54) is 18.0 Å². The number of methoxy groups -OCH3 is 2. The lowest BCUT2D eigenvalue weighted by Crippen LogP contribution is -2.25. The summed E-state index contributed by atoms with van der Waals surface area (Å²) in [6, 6.07) is 16.1. The summed E-state index contributed by atoms with van der Waals surface area (Å²) in [5.74, 6) is 1.19. The molecule has 0 saturated carbocycles. The van der Waals surface area contributed by atoms with Crippen LogP contribution >= 0.6 is 11.6 Å². The van der Waals surface area contributed by atoms with Crippen LogP contribution in [-0.2, 0) is 9.53 Å². The van der Waals surface area contributed by atoms with Crippen LogP contribution in [0.3, 0.4) is 0 Å². The summed E-state index contributed by atoms with van der Waals surface area (Å²) < 4.78 is 17.2. The summed E-state index contributed by atoms with van der Waals surface area (Å²) in [5, 5.41) is 5.28. The van der Waals surface area contributed by atoms with Gasteiger partial charge in [-0.25, -0.2) is 9.78 Å². The Kier molecular flexibility index (Phi) is 8.35. The van der Waals surface area contributed by atoms with Gasteiger partial charge in [-0.1, -0.05) is 37.6 Å². The van der Waals surface area contributed by atoms with Crippen molar-refractivity contribution in [1.82, 2.24) is 9.66 Å². The van der Waals surface area contributed by atoms with Crippen molar-refractivity contribution in [2.75, 3.05) is 14.2 Å². The number of nitrogens with zero attached hydrogens (tertiary/aromatic N) is 3. The van der Waals surface area contributed by atoms with E-state index in [2.05, 4.69) is 18.9 Å². The van der Waals surface area contributed by atoms with Crippen molar-refractivity contribution >= 4 is 34.7 Å². The van der Waals surface area contributed by atoms with Gasteiger partial charge in [0, 0.05) is 5.56 Å². The molecule has 0 aliphatic carbocycles. The SMILES string of the molecule is COC(=O)[C@@H](C)Oc1ccc(C=Nn2c(-c3cc(C(C)C)c(OC)cc3C)nc3ccccc3c2=O)cc1Cl. The van der Waals surface area contributed by atoms with E-state index in [0.717, 1.165) is 22.4 Å². The maximum atomic E-state index is 13.6. The molecule has 4 rings (SSSR count). The highest BCUT2D eigenvalue weighted by atomic mass is 35.5. The zero-order chi connectivity index (χ0) is 28.3. The van der Waals surface area contributed by atoms with Crippen LogP contribution in [0, 0.1) is 6.92 Å². The molecule has 1 aromatic heterocycles. The number of esters is 1. The number of benzene rings is 3. The van der Waals surface area contributed by atoms with E-state index < -0.39 is 12.1 Å². The van der Waals surface area contributed by atoms with E-state index in [4.69, 9.17) is 30.8 Å². The fourth-order valence-corrected chi connectivity index (χ4v) is 4.43. The smallest absolute Gasteiger partial charge is 0.346 e. The number of ether oxygens (including phenoxy) is 3. The maximum absolute atomic E-state index is 13.6. The predicted octanol–water partition coefficient (Wildman–Crippen LogP) is 5.98. The van der Waals surface area contributed by atoms with Crippen molar-refractivity contribution < 1.29 is 19.0 Å². The Morgan fingerprint density at radius 2 is 1.79 bits per heavy atom. The van der Waals surface area contributed by atoms with E-state index >= 15 is 0 Å². The molecule has 0 aliphatic heterocycles. The van der Waals surface area contributed by atoms with Crippen LogP contribution in [0.4, 0.5) is 0 Å². The normalized spacial score (nSPS) is 12.2. The molecule has 0 fully saturated rings. The summed E-state index contributed by atoms with van der Waals surface area (Å²) in [7, 11) is 2.94. The van der Waals surface area contributed by atoms with E-state index in [1.54, 1.807) is 44.4 Å². The molecule has 0 N–H and O–H groups in total. The highest BCUT2D eigenvalue weighted by Crippen LogP contribution is 2.34. The number of aromatic nitrogens is 2. The van der Waals surface area contributed by atoms with Crippen molar-refractivity contribution in [3.05, 3.63) is 86.7 Å². The van der Waals surface area contributed by atoms with E-state index in [-0.39, 0.29) is 16.5 Å². The van der Waals surface area contributed by atoms with E-state index in [0.29, 0.717) is 28.0 Å². The number of aryl methyl sites for hydroxylation is 1. The molecule has 0 spiro atoms. The molecule has 1 heterocycles. The average molecular weight is 548 g/mol. The van der Waals surface area contributed by atoms with E-state index in [1.807, 2.05) is 31.2 Å². The fraction of sp³-hybridized carbons (Fsp3) is 0.267. The zero-order valence-electron chi connectivity index (χ0n) is 22.7. The molecule has 3 aromatic carbocycles. The molecule has 9 heteroatoms. The Morgan fingerprint density at radius 3 is 2.46 bits per heavy atom. The molecular weight excluding hydrogens is 518 g/mol. The van der Waals surface area contributed by atoms with Crippen molar-refractivity contribution in [3.8, 4) is 22.9 Å². The van der Waals surface area contributed by atoms with Crippen LogP contribution < -0.4 is 15.0 Å². The molecule has 4 aromatic rings. The Morgan fingerprint density at radius 1 is 1.05 bits per heavy atom. The van der Waals surface area contributed by atoms with Crippen LogP contribution in [0.15, 0.2) is 64.5 Å². The van der Waals surface area contributed by atoms with Gasteiger partial charge in [0.2, 0.25) is 0 Å². The molecule has 0 saturated heterocycles. The molecule has 0 bridgehead atoms. The van der Waals surface area contributed by atoms with Gasteiger partial charge in [0.15, 0.2) is 11.9 Å². The first kappa shape index (κ1) is 27.9. The monoisotopic (exact) mass is 547 g/mol. The molecule has 202 valence electrons. The first-order valence-corrected chi connectivity index (χ1v) is 12.8. The van der Waals surface area contributed by atoms with Gasteiger partial charge in [-0.05, 0) is 78.9 Å². The average Bonchev–Trinajstić information content (AvgIpc) is 2.92. The number of hydrogen-bond donors (Lipinski definition) is 0. The Hall–Kier alpha value is -4.17. The van der Waals surface area contributed by atoms with E-state index in [9.17, 15) is 9.59 Å². The topological polar surface area (TPSA) is 92.0 Å². The Bertz CT molecular complexity index is 1630. The summed E-state index contributed by atoms with van der Waals surface area (Å²) in [5.41, 5.74) is 3.57. The molecule has 39 heavy (non-hydrogen) atoms. The largest absolute Gasteiger partial charge is 0.496 e. The Balaban J connectivity index is 1.82. The number of carbonyl (C=O) groups is 1. The third-order valence-corrected chi connectivity index (χ3v) is 6.60. The van der Waals surface area contributed by atoms with Crippen molar-refractivity contribution in [2.45, 2.75) is 39.7 Å². The molecule has 0 amide bonds. The molecule has 1 atom stereocenters. The lowest BCUT2D eigenvalue weighted by atomic mass is 9.96. The quantitative estimate of drug-likeness (QED) is 0.199. The number of halogens is 1. The summed E-state index contributed by atoms with van der Waals surface area (Å²) >= 11 is 6.40. The molecule has 0 aliphatic rings. The van der Waals surface area contributed by atoms with Gasteiger partial charge >= 0.3 is 5.97 Å². The lowest BCUT2D eigenvalue weighted by Gasteiger charge is -2.17. The van der Waals surface area contributed by atoms with Crippen LogP contribution in [0.1, 0.15) is 43.4 Å². The first-order valence-electron chi connectivity index (χ1n) is 12.4. The fourth-order valence-electron chi connectivity index (χ4n) is 4.19. The maximum Gasteiger partial charge on any atom is 0.346 e. The summed E-state index contributed by atoms with van der Waals surface area (Å²) in [6.07, 6.45) is 0.712. The van der Waals surface area contributed by atoms with Crippen LogP contribution in [0.2, 0.25) is 5.02 Å². The second-order valence-electron chi connectivity index (χ2n) is 9.35. The highest BCUT2D eigenvalue weighted by Gasteiger charge is 2.19. The predicted molar refractivity (Wildman–Crippen MR) is 153 cm³/mol. The minimum absolute atomic E-state index is 0.188. The third-order valence-electron chi connectivity index (χ3n) is 6.31. The molecule has 0 radical (unpaired) electrons. The number of para-hydroxylation sites is 1. The number of hydrogen-bond acceptors (Lipinski definition) is 7. The zero-order valence-corrected chi connectivity index (χ0v) is 23.4. The minimum Gasteiger partial charge on any atom is -0.496 e. The third kappa shape index (κ3) is 5.81. The van der Waals surface area contributed by atoms with Gasteiger partial charge in [-0.3, -0.25) is 4.79 Å². The van der Waals surface area contributed by atoms with Gasteiger partial charge in [0.25, 0.3) is 5.56 Å². The van der Waals surface area contributed by atoms with Crippen molar-refractivity contribution in [3.63, 3.8) is 0 Å². The van der Waals surface area contributed by atoms with Crippen LogP contribution in [0.25, 0.3) is 22.3 Å². The molecule has 8 nitrogen and oxygen atoms in total. The van der Waals surface area contributed by atoms with Gasteiger partial charge in [0.05, 0.1) is 36.4 Å². The second-order valence-corrected chi connectivity index (χ2v) is 9.76. The number of rotatable bonds is 8. The van der Waals surface area contributed by atoms with Gasteiger partial charge in [0.1, 0.15) is 11.5 Å². The molecule has 0 unspecified atom stereocenters. The van der Waals surface area contributed by atoms with Crippen molar-refractivity contribution in [1.29, 1.82) is 0 Å². The summed E-state index contributed by atoms with van der Waals surface area (Å²) in [4.78, 5) is 30.2. The van der Waals surface area contributed by atoms with Crippen LogP contribution in [0.5, 0.6) is 11.5 Å². The van der Waals surface area contributed by atoms with Crippen LogP contribution in [-0.4, -0.2) is 42.2 Å². The van der Waals surface area contributed by atoms with Gasteiger partial charge in [-0.2, -0.15) is 9.78 Å². The van der Waals surface area contributed by atoms with Gasteiger partial charge in [-0.15, -0.1) is 0 Å². The lowest BCUT2D eigenvalue weighted by molar-refractivity contribution is -0.147.